The van der Waals surface area contributed by atoms with Crippen molar-refractivity contribution in [1.82, 2.24) is 20.1 Å². The van der Waals surface area contributed by atoms with Crippen LogP contribution >= 0.6 is 11.8 Å². The number of nitrogens with zero attached hydrogens (tertiary/aromatic N) is 4. The SMILES string of the molecule is C[C@@H](Sc1nc(C2CC2)n(-c2ccccc2)n1)C(=O)NC1(C#N)CCCCC1. The number of para-hydroxylation sites is 1. The maximum Gasteiger partial charge on any atom is 0.234 e. The molecule has 1 amide bonds. The van der Waals surface area contributed by atoms with Crippen LogP contribution < -0.4 is 5.32 Å². The van der Waals surface area contributed by atoms with Crippen molar-refractivity contribution in [1.29, 1.82) is 5.26 Å². The van der Waals surface area contributed by atoms with E-state index in [2.05, 4.69) is 16.5 Å². The van der Waals surface area contributed by atoms with E-state index in [-0.39, 0.29) is 11.2 Å². The second-order valence-electron chi connectivity index (χ2n) is 7.78. The summed E-state index contributed by atoms with van der Waals surface area (Å²) in [5.41, 5.74) is 0.284. The highest BCUT2D eigenvalue weighted by Gasteiger charge is 2.35. The number of carbonyl (C=O) groups is 1. The lowest BCUT2D eigenvalue weighted by molar-refractivity contribution is -0.121. The number of benzene rings is 1. The summed E-state index contributed by atoms with van der Waals surface area (Å²) in [5.74, 6) is 1.31. The molecule has 1 aromatic carbocycles. The molecule has 7 heteroatoms. The van der Waals surface area contributed by atoms with Crippen LogP contribution in [0.2, 0.25) is 0 Å². The minimum absolute atomic E-state index is 0.113. The van der Waals surface area contributed by atoms with Gasteiger partial charge < -0.3 is 5.32 Å². The van der Waals surface area contributed by atoms with Gasteiger partial charge in [0.05, 0.1) is 17.0 Å². The van der Waals surface area contributed by atoms with Gasteiger partial charge in [0, 0.05) is 5.92 Å². The number of hydrogen-bond donors (Lipinski definition) is 1. The zero-order valence-corrected chi connectivity index (χ0v) is 16.9. The summed E-state index contributed by atoms with van der Waals surface area (Å²) in [4.78, 5) is 17.5. The molecular formula is C21H25N5OS. The van der Waals surface area contributed by atoms with Crippen molar-refractivity contribution in [2.75, 3.05) is 0 Å². The van der Waals surface area contributed by atoms with E-state index >= 15 is 0 Å². The van der Waals surface area contributed by atoms with Crippen LogP contribution in [0.1, 0.15) is 63.6 Å². The van der Waals surface area contributed by atoms with Crippen LogP contribution in [-0.2, 0) is 4.79 Å². The molecule has 146 valence electrons. The highest BCUT2D eigenvalue weighted by Crippen LogP contribution is 2.40. The number of rotatable bonds is 6. The highest BCUT2D eigenvalue weighted by atomic mass is 32.2. The second kappa shape index (κ2) is 7.96. The quantitative estimate of drug-likeness (QED) is 0.748. The Kier molecular flexibility index (Phi) is 5.40. The van der Waals surface area contributed by atoms with Crippen molar-refractivity contribution in [3.05, 3.63) is 36.2 Å². The Morgan fingerprint density at radius 2 is 2.00 bits per heavy atom. The first-order chi connectivity index (χ1) is 13.6. The maximum absolute atomic E-state index is 12.7. The second-order valence-corrected chi connectivity index (χ2v) is 9.09. The number of aromatic nitrogens is 3. The molecule has 4 rings (SSSR count). The normalized spacial score (nSPS) is 19.6. The molecule has 0 unspecified atom stereocenters. The van der Waals surface area contributed by atoms with Crippen molar-refractivity contribution >= 4 is 17.7 Å². The Bertz CT molecular complexity index is 878. The molecule has 2 aliphatic carbocycles. The Morgan fingerprint density at radius 1 is 1.29 bits per heavy atom. The zero-order chi connectivity index (χ0) is 19.6. The first kappa shape index (κ1) is 19.0. The fourth-order valence-electron chi connectivity index (χ4n) is 3.69. The molecule has 0 radical (unpaired) electrons. The van der Waals surface area contributed by atoms with Gasteiger partial charge in [0.2, 0.25) is 11.1 Å². The average molecular weight is 396 g/mol. The molecule has 1 heterocycles. The van der Waals surface area contributed by atoms with E-state index in [4.69, 9.17) is 4.98 Å². The van der Waals surface area contributed by atoms with Gasteiger partial charge in [-0.05, 0) is 44.7 Å². The van der Waals surface area contributed by atoms with E-state index < -0.39 is 5.54 Å². The highest BCUT2D eigenvalue weighted by molar-refractivity contribution is 8.00. The number of carbonyl (C=O) groups excluding carboxylic acids is 1. The minimum Gasteiger partial charge on any atom is -0.337 e. The zero-order valence-electron chi connectivity index (χ0n) is 16.1. The Morgan fingerprint density at radius 3 is 2.64 bits per heavy atom. The van der Waals surface area contributed by atoms with Gasteiger partial charge in [-0.3, -0.25) is 4.79 Å². The predicted molar refractivity (Wildman–Crippen MR) is 108 cm³/mol. The molecule has 0 spiro atoms. The smallest absolute Gasteiger partial charge is 0.234 e. The van der Waals surface area contributed by atoms with Gasteiger partial charge in [0.15, 0.2) is 0 Å². The number of nitriles is 1. The molecule has 1 aromatic heterocycles. The first-order valence-electron chi connectivity index (χ1n) is 10.0. The fraction of sp³-hybridized carbons (Fsp3) is 0.524. The number of amides is 1. The van der Waals surface area contributed by atoms with Crippen LogP contribution in [0, 0.1) is 11.3 Å². The monoisotopic (exact) mass is 395 g/mol. The number of nitrogens with one attached hydrogen (secondary N) is 1. The number of thioether (sulfide) groups is 1. The summed E-state index contributed by atoms with van der Waals surface area (Å²) in [7, 11) is 0. The Balaban J connectivity index is 1.48. The summed E-state index contributed by atoms with van der Waals surface area (Å²) >= 11 is 1.36. The van der Waals surface area contributed by atoms with E-state index in [1.165, 1.54) is 11.8 Å². The van der Waals surface area contributed by atoms with Gasteiger partial charge in [-0.1, -0.05) is 49.2 Å². The molecule has 1 N–H and O–H groups in total. The average Bonchev–Trinajstić information content (AvgIpc) is 3.49. The van der Waals surface area contributed by atoms with Gasteiger partial charge in [0.1, 0.15) is 11.4 Å². The van der Waals surface area contributed by atoms with Gasteiger partial charge in [-0.2, -0.15) is 5.26 Å². The van der Waals surface area contributed by atoms with E-state index in [0.29, 0.717) is 11.1 Å². The van der Waals surface area contributed by atoms with Crippen LogP contribution in [0.15, 0.2) is 35.5 Å². The summed E-state index contributed by atoms with van der Waals surface area (Å²) in [5, 5.41) is 17.5. The molecule has 28 heavy (non-hydrogen) atoms. The third-order valence-corrected chi connectivity index (χ3v) is 6.44. The Labute approximate surface area is 169 Å². The van der Waals surface area contributed by atoms with Gasteiger partial charge in [-0.25, -0.2) is 9.67 Å². The van der Waals surface area contributed by atoms with E-state index in [9.17, 15) is 10.1 Å². The fourth-order valence-corrected chi connectivity index (χ4v) is 4.45. The van der Waals surface area contributed by atoms with Crippen LogP contribution in [0.4, 0.5) is 0 Å². The largest absolute Gasteiger partial charge is 0.337 e. The molecule has 0 bridgehead atoms. The van der Waals surface area contributed by atoms with Gasteiger partial charge >= 0.3 is 0 Å². The summed E-state index contributed by atoms with van der Waals surface area (Å²) < 4.78 is 1.91. The van der Waals surface area contributed by atoms with Crippen LogP contribution in [-0.4, -0.2) is 31.5 Å². The number of hydrogen-bond acceptors (Lipinski definition) is 5. The summed E-state index contributed by atoms with van der Waals surface area (Å²) in [6.07, 6.45) is 6.85. The first-order valence-corrected chi connectivity index (χ1v) is 10.9. The summed E-state index contributed by atoms with van der Waals surface area (Å²) in [6.45, 7) is 1.86. The van der Waals surface area contributed by atoms with Crippen LogP contribution in [0.3, 0.4) is 0 Å². The lowest BCUT2D eigenvalue weighted by Gasteiger charge is -2.32. The molecule has 2 saturated carbocycles. The van der Waals surface area contributed by atoms with Crippen molar-refractivity contribution in [2.45, 2.75) is 73.7 Å². The van der Waals surface area contributed by atoms with Crippen molar-refractivity contribution < 1.29 is 4.79 Å². The lowest BCUT2D eigenvalue weighted by atomic mass is 9.83. The van der Waals surface area contributed by atoms with Crippen molar-refractivity contribution in [3.63, 3.8) is 0 Å². The minimum atomic E-state index is -0.708. The Hall–Kier alpha value is -2.33. The van der Waals surface area contributed by atoms with Gasteiger partial charge in [-0.15, -0.1) is 5.10 Å². The van der Waals surface area contributed by atoms with Gasteiger partial charge in [0.25, 0.3) is 0 Å². The van der Waals surface area contributed by atoms with E-state index in [1.807, 2.05) is 41.9 Å². The lowest BCUT2D eigenvalue weighted by Crippen LogP contribution is -2.50. The maximum atomic E-state index is 12.7. The molecular weight excluding hydrogens is 370 g/mol. The van der Waals surface area contributed by atoms with Crippen LogP contribution in [0.25, 0.3) is 5.69 Å². The molecule has 0 saturated heterocycles. The molecule has 6 nitrogen and oxygen atoms in total. The topological polar surface area (TPSA) is 83.6 Å². The molecule has 2 fully saturated rings. The van der Waals surface area contributed by atoms with Crippen molar-refractivity contribution in [2.24, 2.45) is 0 Å². The van der Waals surface area contributed by atoms with E-state index in [1.54, 1.807) is 0 Å². The molecule has 2 aliphatic rings. The van der Waals surface area contributed by atoms with Crippen molar-refractivity contribution in [3.8, 4) is 11.8 Å². The molecule has 1 atom stereocenters. The predicted octanol–water partition coefficient (Wildman–Crippen LogP) is 3.97. The summed E-state index contributed by atoms with van der Waals surface area (Å²) in [6, 6.07) is 12.3. The van der Waals surface area contributed by atoms with E-state index in [0.717, 1.165) is 56.5 Å². The molecule has 2 aromatic rings. The third kappa shape index (κ3) is 4.07. The van der Waals surface area contributed by atoms with Crippen LogP contribution in [0.5, 0.6) is 0 Å². The molecule has 0 aliphatic heterocycles. The standard InChI is InChI=1S/C21H25N5OS/c1-15(19(27)24-21(14-22)12-6-3-7-13-21)28-20-23-18(16-10-11-16)26(25-20)17-8-4-2-5-9-17/h2,4-5,8-9,15-16H,3,6-7,10-13H2,1H3,(H,24,27)/t15-/m1/s1. The third-order valence-electron chi connectivity index (χ3n) is 5.49.